The number of carbonyl (C=O) groups excluding carboxylic acids is 1. The lowest BCUT2D eigenvalue weighted by molar-refractivity contribution is 0.0857. The zero-order valence-corrected chi connectivity index (χ0v) is 14.9. The molecule has 1 aliphatic heterocycles. The van der Waals surface area contributed by atoms with Crippen molar-refractivity contribution in [3.63, 3.8) is 0 Å². The van der Waals surface area contributed by atoms with E-state index in [4.69, 9.17) is 9.15 Å². The third-order valence-electron chi connectivity index (χ3n) is 4.87. The molecule has 1 aliphatic rings. The average molecular weight is 350 g/mol. The molecule has 2 aromatic carbocycles. The Kier molecular flexibility index (Phi) is 4.61. The van der Waals surface area contributed by atoms with E-state index in [-0.39, 0.29) is 12.0 Å². The summed E-state index contributed by atoms with van der Waals surface area (Å²) in [5, 5.41) is 0. The first-order chi connectivity index (χ1) is 12.7. The highest BCUT2D eigenvalue weighted by molar-refractivity contribution is 5.73. The molecule has 0 atom stereocenters. The van der Waals surface area contributed by atoms with Crippen molar-refractivity contribution in [2.24, 2.45) is 0 Å². The number of rotatable bonds is 3. The molecule has 2 heterocycles. The SMILES string of the molecule is Cc1ccc2oc(C3CCN(C(=O)OCc4ccccc4)CC3)nc2c1. The molecule has 1 aromatic heterocycles. The molecule has 1 saturated heterocycles. The maximum Gasteiger partial charge on any atom is 0.410 e. The number of carbonyl (C=O) groups is 1. The first kappa shape index (κ1) is 16.6. The van der Waals surface area contributed by atoms with Gasteiger partial charge in [0.1, 0.15) is 12.1 Å². The topological polar surface area (TPSA) is 55.6 Å². The van der Waals surface area contributed by atoms with Gasteiger partial charge in [-0.3, -0.25) is 0 Å². The summed E-state index contributed by atoms with van der Waals surface area (Å²) in [6.45, 7) is 3.68. The van der Waals surface area contributed by atoms with Gasteiger partial charge < -0.3 is 14.1 Å². The number of hydrogen-bond acceptors (Lipinski definition) is 4. The van der Waals surface area contributed by atoms with Crippen LogP contribution in [0.3, 0.4) is 0 Å². The molecular formula is C21H22N2O3. The van der Waals surface area contributed by atoms with Crippen molar-refractivity contribution in [3.05, 3.63) is 65.5 Å². The quantitative estimate of drug-likeness (QED) is 0.690. The average Bonchev–Trinajstić information content (AvgIpc) is 3.10. The van der Waals surface area contributed by atoms with Gasteiger partial charge in [-0.25, -0.2) is 9.78 Å². The summed E-state index contributed by atoms with van der Waals surface area (Å²) in [4.78, 5) is 18.7. The summed E-state index contributed by atoms with van der Waals surface area (Å²) < 4.78 is 11.3. The molecule has 0 N–H and O–H groups in total. The first-order valence-corrected chi connectivity index (χ1v) is 9.02. The number of aromatic nitrogens is 1. The number of ether oxygens (including phenoxy) is 1. The normalized spacial score (nSPS) is 15.3. The monoisotopic (exact) mass is 350 g/mol. The summed E-state index contributed by atoms with van der Waals surface area (Å²) >= 11 is 0. The molecular weight excluding hydrogens is 328 g/mol. The molecule has 26 heavy (non-hydrogen) atoms. The summed E-state index contributed by atoms with van der Waals surface area (Å²) in [5.41, 5.74) is 3.91. The van der Waals surface area contributed by atoms with E-state index in [1.807, 2.05) is 55.5 Å². The Morgan fingerprint density at radius 2 is 1.96 bits per heavy atom. The van der Waals surface area contributed by atoms with E-state index in [0.717, 1.165) is 35.4 Å². The molecule has 0 unspecified atom stereocenters. The van der Waals surface area contributed by atoms with E-state index in [9.17, 15) is 4.79 Å². The fourth-order valence-corrected chi connectivity index (χ4v) is 3.35. The van der Waals surface area contributed by atoms with E-state index >= 15 is 0 Å². The van der Waals surface area contributed by atoms with Crippen LogP contribution in [0, 0.1) is 6.92 Å². The van der Waals surface area contributed by atoms with Gasteiger partial charge in [0, 0.05) is 19.0 Å². The number of aryl methyl sites for hydroxylation is 1. The van der Waals surface area contributed by atoms with Crippen LogP contribution >= 0.6 is 0 Å². The second-order valence-corrected chi connectivity index (χ2v) is 6.82. The molecule has 3 aromatic rings. The molecule has 4 rings (SSSR count). The Labute approximate surface area is 152 Å². The van der Waals surface area contributed by atoms with Crippen LogP contribution in [0.15, 0.2) is 52.9 Å². The van der Waals surface area contributed by atoms with Gasteiger partial charge >= 0.3 is 6.09 Å². The Morgan fingerprint density at radius 3 is 2.73 bits per heavy atom. The van der Waals surface area contributed by atoms with E-state index in [2.05, 4.69) is 4.98 Å². The number of likely N-dealkylation sites (tertiary alicyclic amines) is 1. The van der Waals surface area contributed by atoms with Crippen LogP contribution in [0.25, 0.3) is 11.1 Å². The molecule has 0 radical (unpaired) electrons. The Hall–Kier alpha value is -2.82. The number of piperidine rings is 1. The summed E-state index contributed by atoms with van der Waals surface area (Å²) in [6, 6.07) is 15.8. The highest BCUT2D eigenvalue weighted by atomic mass is 16.6. The summed E-state index contributed by atoms with van der Waals surface area (Å²) in [5.74, 6) is 1.03. The molecule has 1 amide bonds. The van der Waals surface area contributed by atoms with Crippen LogP contribution in [0.5, 0.6) is 0 Å². The van der Waals surface area contributed by atoms with Gasteiger partial charge in [0.25, 0.3) is 0 Å². The molecule has 0 saturated carbocycles. The third-order valence-corrected chi connectivity index (χ3v) is 4.87. The van der Waals surface area contributed by atoms with Crippen LogP contribution < -0.4 is 0 Å². The van der Waals surface area contributed by atoms with Crippen molar-refractivity contribution in [1.82, 2.24) is 9.88 Å². The smallest absolute Gasteiger partial charge is 0.410 e. The molecule has 5 heteroatoms. The van der Waals surface area contributed by atoms with Gasteiger partial charge in [-0.05, 0) is 43.0 Å². The van der Waals surface area contributed by atoms with Gasteiger partial charge in [0.2, 0.25) is 0 Å². The molecule has 0 spiro atoms. The van der Waals surface area contributed by atoms with E-state index < -0.39 is 0 Å². The number of amides is 1. The maximum absolute atomic E-state index is 12.3. The van der Waals surface area contributed by atoms with Gasteiger partial charge in [0.15, 0.2) is 11.5 Å². The summed E-state index contributed by atoms with van der Waals surface area (Å²) in [6.07, 6.45) is 1.43. The van der Waals surface area contributed by atoms with Crippen molar-refractivity contribution in [2.75, 3.05) is 13.1 Å². The Morgan fingerprint density at radius 1 is 1.19 bits per heavy atom. The van der Waals surface area contributed by atoms with E-state index in [1.54, 1.807) is 4.90 Å². The highest BCUT2D eigenvalue weighted by Gasteiger charge is 2.27. The van der Waals surface area contributed by atoms with Gasteiger partial charge in [-0.15, -0.1) is 0 Å². The maximum atomic E-state index is 12.3. The van der Waals surface area contributed by atoms with Crippen LogP contribution in [0.1, 0.15) is 35.8 Å². The lowest BCUT2D eigenvalue weighted by Gasteiger charge is -2.29. The molecule has 5 nitrogen and oxygen atoms in total. The second kappa shape index (κ2) is 7.20. The van der Waals surface area contributed by atoms with Crippen LogP contribution in [-0.4, -0.2) is 29.1 Å². The van der Waals surface area contributed by atoms with Crippen molar-refractivity contribution >= 4 is 17.2 Å². The fraction of sp³-hybridized carbons (Fsp3) is 0.333. The Balaban J connectivity index is 1.33. The number of hydrogen-bond donors (Lipinski definition) is 0. The van der Waals surface area contributed by atoms with Crippen molar-refractivity contribution in [3.8, 4) is 0 Å². The predicted molar refractivity (Wildman–Crippen MR) is 98.9 cm³/mol. The number of benzene rings is 2. The van der Waals surface area contributed by atoms with Gasteiger partial charge in [0.05, 0.1) is 0 Å². The van der Waals surface area contributed by atoms with Crippen LogP contribution in [-0.2, 0) is 11.3 Å². The van der Waals surface area contributed by atoms with Crippen LogP contribution in [0.4, 0.5) is 4.79 Å². The van der Waals surface area contributed by atoms with Gasteiger partial charge in [-0.2, -0.15) is 0 Å². The molecule has 134 valence electrons. The number of oxazole rings is 1. The first-order valence-electron chi connectivity index (χ1n) is 9.02. The second-order valence-electron chi connectivity index (χ2n) is 6.82. The van der Waals surface area contributed by atoms with Gasteiger partial charge in [-0.1, -0.05) is 36.4 Å². The van der Waals surface area contributed by atoms with Crippen LogP contribution in [0.2, 0.25) is 0 Å². The largest absolute Gasteiger partial charge is 0.445 e. The van der Waals surface area contributed by atoms with E-state index in [0.29, 0.717) is 19.7 Å². The minimum atomic E-state index is -0.250. The minimum Gasteiger partial charge on any atom is -0.445 e. The molecule has 1 fully saturated rings. The van der Waals surface area contributed by atoms with Crippen molar-refractivity contribution in [1.29, 1.82) is 0 Å². The fourth-order valence-electron chi connectivity index (χ4n) is 3.35. The third kappa shape index (κ3) is 3.57. The zero-order valence-electron chi connectivity index (χ0n) is 14.9. The lowest BCUT2D eigenvalue weighted by Crippen LogP contribution is -2.38. The standard InChI is InChI=1S/C21H22N2O3/c1-15-7-8-19-18(13-15)22-20(26-19)17-9-11-23(12-10-17)21(24)25-14-16-5-3-2-4-6-16/h2-8,13,17H,9-12,14H2,1H3. The number of nitrogens with zero attached hydrogens (tertiary/aromatic N) is 2. The summed E-state index contributed by atoms with van der Waals surface area (Å²) in [7, 11) is 0. The van der Waals surface area contributed by atoms with E-state index in [1.165, 1.54) is 5.56 Å². The van der Waals surface area contributed by atoms with Crippen molar-refractivity contribution < 1.29 is 13.9 Å². The predicted octanol–water partition coefficient (Wildman–Crippen LogP) is 4.65. The van der Waals surface area contributed by atoms with Crippen molar-refractivity contribution in [2.45, 2.75) is 32.3 Å². The highest BCUT2D eigenvalue weighted by Crippen LogP contribution is 2.30. The lowest BCUT2D eigenvalue weighted by atomic mass is 9.97. The minimum absolute atomic E-state index is 0.250. The number of fused-ring (bicyclic) bond motifs is 1. The Bertz CT molecular complexity index is 896. The molecule has 0 bridgehead atoms. The molecule has 0 aliphatic carbocycles. The zero-order chi connectivity index (χ0) is 17.9.